The zero-order valence-electron chi connectivity index (χ0n) is 20.7. The molecule has 35 heavy (non-hydrogen) atoms. The number of aryl methyl sites for hydroxylation is 2. The second kappa shape index (κ2) is 11.0. The van der Waals surface area contributed by atoms with Gasteiger partial charge in [0, 0.05) is 42.1 Å². The number of nitrogens with zero attached hydrogens (tertiary/aromatic N) is 5. The van der Waals surface area contributed by atoms with E-state index in [-0.39, 0.29) is 5.91 Å². The number of likely N-dealkylation sites (N-methyl/N-ethyl adjacent to an activating group) is 1. The van der Waals surface area contributed by atoms with E-state index < -0.39 is 0 Å². The number of amides is 1. The molecule has 1 aliphatic rings. The Morgan fingerprint density at radius 3 is 2.57 bits per heavy atom. The molecule has 1 aromatic carbocycles. The fourth-order valence-electron chi connectivity index (χ4n) is 4.24. The Hall–Kier alpha value is -3.27. The highest BCUT2D eigenvalue weighted by Gasteiger charge is 2.29. The van der Waals surface area contributed by atoms with Crippen LogP contribution in [0.4, 0.5) is 0 Å². The molecular formula is C28H30ClN5O. The zero-order valence-corrected chi connectivity index (χ0v) is 21.4. The van der Waals surface area contributed by atoms with Crippen LogP contribution in [0.3, 0.4) is 0 Å². The summed E-state index contributed by atoms with van der Waals surface area (Å²) in [5.41, 5.74) is 5.51. The van der Waals surface area contributed by atoms with Crippen molar-refractivity contribution in [2.45, 2.75) is 39.2 Å². The summed E-state index contributed by atoms with van der Waals surface area (Å²) in [6.07, 6.45) is 5.91. The predicted octanol–water partition coefficient (Wildman–Crippen LogP) is 4.49. The third-order valence-corrected chi connectivity index (χ3v) is 6.75. The van der Waals surface area contributed by atoms with Gasteiger partial charge in [-0.05, 0) is 57.6 Å². The van der Waals surface area contributed by atoms with Crippen molar-refractivity contribution in [3.63, 3.8) is 0 Å². The summed E-state index contributed by atoms with van der Waals surface area (Å²) < 4.78 is 0. The van der Waals surface area contributed by atoms with E-state index >= 15 is 0 Å². The van der Waals surface area contributed by atoms with E-state index in [1.165, 1.54) is 0 Å². The van der Waals surface area contributed by atoms with E-state index in [1.54, 1.807) is 24.7 Å². The Balaban J connectivity index is 1.65. The quantitative estimate of drug-likeness (QED) is 0.496. The summed E-state index contributed by atoms with van der Waals surface area (Å²) in [4.78, 5) is 30.6. The van der Waals surface area contributed by atoms with Crippen LogP contribution < -0.4 is 0 Å². The summed E-state index contributed by atoms with van der Waals surface area (Å²) in [5, 5.41) is 0.413. The van der Waals surface area contributed by atoms with E-state index in [4.69, 9.17) is 11.6 Å². The van der Waals surface area contributed by atoms with Gasteiger partial charge in [0.1, 0.15) is 6.33 Å². The fraction of sp³-hybridized carbons (Fsp3) is 0.357. The third kappa shape index (κ3) is 5.53. The van der Waals surface area contributed by atoms with Crippen molar-refractivity contribution in [2.75, 3.05) is 27.2 Å². The molecule has 6 nitrogen and oxygen atoms in total. The van der Waals surface area contributed by atoms with E-state index in [1.807, 2.05) is 44.1 Å². The van der Waals surface area contributed by atoms with Crippen LogP contribution in [0.1, 0.15) is 53.1 Å². The van der Waals surface area contributed by atoms with Gasteiger partial charge in [0.2, 0.25) is 0 Å². The molecule has 7 heteroatoms. The standard InChI is InChI=1S/C28H30ClN5O/c1-5-21-10-7-19(16-30-21)8-11-24-26(6-2)31-18-32-27(24)20-9-12-23(25(29)15-20)28(35)34-14-13-22(17-34)33(3)4/h7,9-10,12,15-16,18,22H,5-6,13-14,17H2,1-4H3/t22-/m0/s1. The van der Waals surface area contributed by atoms with Gasteiger partial charge in [0.25, 0.3) is 5.91 Å². The Labute approximate surface area is 212 Å². The molecule has 0 bridgehead atoms. The smallest absolute Gasteiger partial charge is 0.255 e. The van der Waals surface area contributed by atoms with Gasteiger partial charge in [-0.2, -0.15) is 0 Å². The SMILES string of the molecule is CCc1ccc(C#Cc2c(CC)ncnc2-c2ccc(C(=O)N3CC[C@H](N(C)C)C3)c(Cl)c2)cn1. The average molecular weight is 488 g/mol. The molecule has 1 atom stereocenters. The average Bonchev–Trinajstić information content (AvgIpc) is 3.38. The molecule has 0 saturated carbocycles. The van der Waals surface area contributed by atoms with Crippen molar-refractivity contribution >= 4 is 17.5 Å². The number of rotatable bonds is 5. The molecule has 1 aliphatic heterocycles. The van der Waals surface area contributed by atoms with Gasteiger partial charge in [-0.1, -0.05) is 43.4 Å². The van der Waals surface area contributed by atoms with Gasteiger partial charge in [-0.3, -0.25) is 9.78 Å². The number of hydrogen-bond donors (Lipinski definition) is 0. The molecule has 3 aromatic rings. The van der Waals surface area contributed by atoms with Crippen molar-refractivity contribution in [2.24, 2.45) is 0 Å². The van der Waals surface area contributed by atoms with E-state index in [0.717, 1.165) is 53.9 Å². The van der Waals surface area contributed by atoms with Gasteiger partial charge < -0.3 is 9.80 Å². The molecule has 0 spiro atoms. The Kier molecular flexibility index (Phi) is 7.80. The number of benzene rings is 1. The van der Waals surface area contributed by atoms with Gasteiger partial charge in [0.05, 0.1) is 27.5 Å². The van der Waals surface area contributed by atoms with Crippen LogP contribution in [0, 0.1) is 11.8 Å². The minimum atomic E-state index is -0.0362. The molecule has 180 valence electrons. The van der Waals surface area contributed by atoms with Crippen LogP contribution in [0.15, 0.2) is 42.9 Å². The molecule has 1 saturated heterocycles. The van der Waals surface area contributed by atoms with Crippen molar-refractivity contribution in [3.8, 4) is 23.1 Å². The largest absolute Gasteiger partial charge is 0.337 e. The molecule has 0 aliphatic carbocycles. The van der Waals surface area contributed by atoms with Gasteiger partial charge in [-0.15, -0.1) is 0 Å². The molecule has 0 radical (unpaired) electrons. The summed E-state index contributed by atoms with van der Waals surface area (Å²) in [6.45, 7) is 5.56. The topological polar surface area (TPSA) is 62.2 Å². The second-order valence-electron chi connectivity index (χ2n) is 8.89. The molecule has 2 aromatic heterocycles. The highest BCUT2D eigenvalue weighted by Crippen LogP contribution is 2.29. The number of carbonyl (C=O) groups is 1. The molecule has 0 unspecified atom stereocenters. The normalized spacial score (nSPS) is 15.3. The first kappa shape index (κ1) is 24.8. The maximum absolute atomic E-state index is 13.1. The predicted molar refractivity (Wildman–Crippen MR) is 139 cm³/mol. The Morgan fingerprint density at radius 1 is 1.11 bits per heavy atom. The maximum Gasteiger partial charge on any atom is 0.255 e. The molecule has 3 heterocycles. The van der Waals surface area contributed by atoms with Crippen LogP contribution in [-0.4, -0.2) is 63.9 Å². The molecule has 1 amide bonds. The lowest BCUT2D eigenvalue weighted by molar-refractivity contribution is 0.0783. The lowest BCUT2D eigenvalue weighted by Crippen LogP contribution is -2.34. The van der Waals surface area contributed by atoms with Gasteiger partial charge in [0.15, 0.2) is 0 Å². The van der Waals surface area contributed by atoms with Crippen molar-refractivity contribution < 1.29 is 4.79 Å². The zero-order chi connectivity index (χ0) is 24.9. The van der Waals surface area contributed by atoms with Gasteiger partial charge in [-0.25, -0.2) is 9.97 Å². The number of aromatic nitrogens is 3. The fourth-order valence-corrected chi connectivity index (χ4v) is 4.50. The summed E-state index contributed by atoms with van der Waals surface area (Å²) >= 11 is 6.63. The van der Waals surface area contributed by atoms with Crippen LogP contribution in [-0.2, 0) is 12.8 Å². The summed E-state index contributed by atoms with van der Waals surface area (Å²) in [6, 6.07) is 9.83. The monoisotopic (exact) mass is 487 g/mol. The first-order valence-corrected chi connectivity index (χ1v) is 12.4. The molecule has 1 fully saturated rings. The molecule has 0 N–H and O–H groups in total. The third-order valence-electron chi connectivity index (χ3n) is 6.43. The number of halogens is 1. The summed E-state index contributed by atoms with van der Waals surface area (Å²) in [5.74, 6) is 6.43. The maximum atomic E-state index is 13.1. The van der Waals surface area contributed by atoms with Crippen LogP contribution in [0.5, 0.6) is 0 Å². The molecular weight excluding hydrogens is 458 g/mol. The van der Waals surface area contributed by atoms with E-state index in [2.05, 4.69) is 38.6 Å². The highest BCUT2D eigenvalue weighted by atomic mass is 35.5. The van der Waals surface area contributed by atoms with Crippen molar-refractivity contribution in [1.82, 2.24) is 24.8 Å². The van der Waals surface area contributed by atoms with Crippen LogP contribution in [0.2, 0.25) is 5.02 Å². The lowest BCUT2D eigenvalue weighted by Gasteiger charge is -2.21. The minimum absolute atomic E-state index is 0.0362. The first-order chi connectivity index (χ1) is 16.9. The first-order valence-electron chi connectivity index (χ1n) is 12.0. The van der Waals surface area contributed by atoms with Crippen LogP contribution in [0.25, 0.3) is 11.3 Å². The van der Waals surface area contributed by atoms with Gasteiger partial charge >= 0.3 is 0 Å². The number of carbonyl (C=O) groups excluding carboxylic acids is 1. The Morgan fingerprint density at radius 2 is 1.94 bits per heavy atom. The highest BCUT2D eigenvalue weighted by molar-refractivity contribution is 6.34. The number of likely N-dealkylation sites (tertiary alicyclic amines) is 1. The van der Waals surface area contributed by atoms with Crippen molar-refractivity contribution in [3.05, 3.63) is 76.0 Å². The van der Waals surface area contributed by atoms with Crippen molar-refractivity contribution in [1.29, 1.82) is 0 Å². The second-order valence-corrected chi connectivity index (χ2v) is 9.30. The molecule has 4 rings (SSSR count). The lowest BCUT2D eigenvalue weighted by atomic mass is 10.0. The Bertz CT molecular complexity index is 1280. The van der Waals surface area contributed by atoms with E-state index in [0.29, 0.717) is 28.9 Å². The van der Waals surface area contributed by atoms with Crippen LogP contribution >= 0.6 is 11.6 Å². The minimum Gasteiger partial charge on any atom is -0.337 e. The number of hydrogen-bond acceptors (Lipinski definition) is 5. The number of pyridine rings is 1. The summed E-state index contributed by atoms with van der Waals surface area (Å²) in [7, 11) is 4.09. The van der Waals surface area contributed by atoms with E-state index in [9.17, 15) is 4.79 Å².